The van der Waals surface area contributed by atoms with Crippen LogP contribution >= 0.6 is 0 Å². The van der Waals surface area contributed by atoms with Gasteiger partial charge in [0.05, 0.1) is 6.04 Å². The molecule has 2 N–H and O–H groups in total. The van der Waals surface area contributed by atoms with Crippen LogP contribution in [0, 0.1) is 5.92 Å². The molecule has 1 aliphatic rings. The first-order valence-corrected chi connectivity index (χ1v) is 16.5. The van der Waals surface area contributed by atoms with Crippen molar-refractivity contribution in [2.75, 3.05) is 39.8 Å². The second-order valence-corrected chi connectivity index (χ2v) is 12.6. The molecular formula is C37H51N5O3. The molecule has 0 bridgehead atoms. The highest BCUT2D eigenvalue weighted by atomic mass is 16.5. The number of aromatic nitrogens is 1. The molecule has 1 saturated heterocycles. The van der Waals surface area contributed by atoms with Gasteiger partial charge in [-0.1, -0.05) is 68.8 Å². The number of hydrogen-bond acceptors (Lipinski definition) is 6. The molecule has 1 fully saturated rings. The van der Waals surface area contributed by atoms with E-state index in [-0.39, 0.29) is 11.8 Å². The summed E-state index contributed by atoms with van der Waals surface area (Å²) in [6, 6.07) is 20.6. The minimum atomic E-state index is -0.704. The Labute approximate surface area is 269 Å². The van der Waals surface area contributed by atoms with Crippen LogP contribution in [-0.4, -0.2) is 78.5 Å². The largest absolute Gasteiger partial charge is 0.489 e. The second kappa shape index (κ2) is 18.3. The highest BCUT2D eigenvalue weighted by Gasteiger charge is 2.29. The van der Waals surface area contributed by atoms with Crippen molar-refractivity contribution in [2.24, 2.45) is 5.92 Å². The third-order valence-corrected chi connectivity index (χ3v) is 8.47. The van der Waals surface area contributed by atoms with Gasteiger partial charge in [0.2, 0.25) is 11.8 Å². The lowest BCUT2D eigenvalue weighted by Gasteiger charge is -2.30. The Bertz CT molecular complexity index is 1280. The maximum absolute atomic E-state index is 14.0. The van der Waals surface area contributed by atoms with Gasteiger partial charge in [-0.05, 0) is 93.2 Å². The quantitative estimate of drug-likeness (QED) is 0.226. The first-order chi connectivity index (χ1) is 21.9. The molecule has 0 radical (unpaired) electrons. The Balaban J connectivity index is 1.44. The van der Waals surface area contributed by atoms with Crippen LogP contribution in [0.2, 0.25) is 0 Å². The third-order valence-electron chi connectivity index (χ3n) is 8.47. The van der Waals surface area contributed by atoms with Crippen molar-refractivity contribution in [3.8, 4) is 5.75 Å². The monoisotopic (exact) mass is 613 g/mol. The van der Waals surface area contributed by atoms with E-state index in [2.05, 4.69) is 39.3 Å². The number of carbonyl (C=O) groups excluding carboxylic acids is 2. The number of nitrogens with one attached hydrogen (secondary N) is 2. The third kappa shape index (κ3) is 11.9. The second-order valence-electron chi connectivity index (χ2n) is 12.6. The maximum Gasteiger partial charge on any atom is 0.242 e. The molecule has 2 unspecified atom stereocenters. The van der Waals surface area contributed by atoms with E-state index in [1.165, 1.54) is 19.3 Å². The van der Waals surface area contributed by atoms with Crippen LogP contribution in [0.25, 0.3) is 0 Å². The molecule has 8 nitrogen and oxygen atoms in total. The number of piperidine rings is 1. The van der Waals surface area contributed by atoms with Gasteiger partial charge in [-0.3, -0.25) is 19.5 Å². The van der Waals surface area contributed by atoms with Crippen molar-refractivity contribution in [1.82, 2.24) is 25.4 Å². The van der Waals surface area contributed by atoms with E-state index in [0.29, 0.717) is 31.9 Å². The molecule has 2 heterocycles. The van der Waals surface area contributed by atoms with Crippen molar-refractivity contribution in [3.05, 3.63) is 95.8 Å². The maximum atomic E-state index is 14.0. The number of rotatable bonds is 17. The van der Waals surface area contributed by atoms with Crippen LogP contribution < -0.4 is 15.4 Å². The number of pyridine rings is 1. The molecular weight excluding hydrogens is 562 g/mol. The SMILES string of the molecule is CC(C)CCN(C)C(Cc1cccnc1)C(=O)NC(Cc1ccc(OCc2ccccc2)cc1)C(=O)NCCN1CCCCC1. The zero-order chi connectivity index (χ0) is 31.9. The number of nitrogens with zero attached hydrogens (tertiary/aromatic N) is 3. The minimum Gasteiger partial charge on any atom is -0.489 e. The summed E-state index contributed by atoms with van der Waals surface area (Å²) in [5, 5.41) is 6.27. The van der Waals surface area contributed by atoms with E-state index in [1.54, 1.807) is 6.20 Å². The Hall–Kier alpha value is -3.75. The molecule has 2 aromatic carbocycles. The fourth-order valence-electron chi connectivity index (χ4n) is 5.63. The fourth-order valence-corrected chi connectivity index (χ4v) is 5.63. The molecule has 0 saturated carbocycles. The number of benzene rings is 2. The molecule has 2 amide bonds. The van der Waals surface area contributed by atoms with Crippen molar-refractivity contribution >= 4 is 11.8 Å². The lowest BCUT2D eigenvalue weighted by molar-refractivity contribution is -0.131. The smallest absolute Gasteiger partial charge is 0.242 e. The number of ether oxygens (including phenoxy) is 1. The summed E-state index contributed by atoms with van der Waals surface area (Å²) in [6.07, 6.45) is 9.12. The molecule has 3 aromatic rings. The number of amides is 2. The van der Waals surface area contributed by atoms with Crippen LogP contribution in [0.15, 0.2) is 79.1 Å². The van der Waals surface area contributed by atoms with Gasteiger partial charge in [0.1, 0.15) is 18.4 Å². The summed E-state index contributed by atoms with van der Waals surface area (Å²) in [5.41, 5.74) is 3.04. The average molecular weight is 614 g/mol. The van der Waals surface area contributed by atoms with Crippen molar-refractivity contribution < 1.29 is 14.3 Å². The van der Waals surface area contributed by atoms with Gasteiger partial charge >= 0.3 is 0 Å². The van der Waals surface area contributed by atoms with Crippen molar-refractivity contribution in [3.63, 3.8) is 0 Å². The topological polar surface area (TPSA) is 86.8 Å². The highest BCUT2D eigenvalue weighted by Crippen LogP contribution is 2.17. The molecule has 8 heteroatoms. The Morgan fingerprint density at radius 2 is 1.62 bits per heavy atom. The van der Waals surface area contributed by atoms with E-state index in [9.17, 15) is 9.59 Å². The lowest BCUT2D eigenvalue weighted by atomic mass is 10.0. The number of hydrogen-bond donors (Lipinski definition) is 2. The summed E-state index contributed by atoms with van der Waals surface area (Å²) in [5.74, 6) is 0.976. The molecule has 0 spiro atoms. The van der Waals surface area contributed by atoms with Gasteiger partial charge in [-0.2, -0.15) is 0 Å². The zero-order valence-corrected chi connectivity index (χ0v) is 27.3. The Morgan fingerprint density at radius 1 is 0.889 bits per heavy atom. The van der Waals surface area contributed by atoms with Crippen molar-refractivity contribution in [1.29, 1.82) is 0 Å². The summed E-state index contributed by atoms with van der Waals surface area (Å²) in [6.45, 7) is 9.18. The standard InChI is InChI=1S/C37H51N5O3/c1-29(2)18-23-41(3)35(26-32-13-10-19-38-27-32)37(44)40-34(36(43)39-20-24-42-21-8-5-9-22-42)25-30-14-16-33(17-15-30)45-28-31-11-6-4-7-12-31/h4,6-7,10-17,19,27,29,34-35H,5,8-9,18,20-26,28H2,1-3H3,(H,39,43)(H,40,44). The highest BCUT2D eigenvalue weighted by molar-refractivity contribution is 5.90. The summed E-state index contributed by atoms with van der Waals surface area (Å²) in [4.78, 5) is 36.3. The Kier molecular flexibility index (Phi) is 13.9. The number of likely N-dealkylation sites (tertiary alicyclic amines) is 1. The predicted molar refractivity (Wildman–Crippen MR) is 180 cm³/mol. The predicted octanol–water partition coefficient (Wildman–Crippen LogP) is 4.88. The van der Waals surface area contributed by atoms with E-state index in [1.807, 2.05) is 80.0 Å². The van der Waals surface area contributed by atoms with Crippen LogP contribution in [-0.2, 0) is 29.0 Å². The van der Waals surface area contributed by atoms with Gasteiger partial charge in [-0.25, -0.2) is 0 Å². The minimum absolute atomic E-state index is 0.149. The molecule has 2 atom stereocenters. The molecule has 242 valence electrons. The van der Waals surface area contributed by atoms with E-state index < -0.39 is 12.1 Å². The van der Waals surface area contributed by atoms with Crippen LogP contribution in [0.1, 0.15) is 56.2 Å². The summed E-state index contributed by atoms with van der Waals surface area (Å²) in [7, 11) is 1.99. The van der Waals surface area contributed by atoms with Gasteiger partial charge in [-0.15, -0.1) is 0 Å². The fraction of sp³-hybridized carbons (Fsp3) is 0.486. The molecule has 1 aromatic heterocycles. The van der Waals surface area contributed by atoms with Crippen LogP contribution in [0.4, 0.5) is 0 Å². The molecule has 0 aliphatic carbocycles. The number of likely N-dealkylation sites (N-methyl/N-ethyl adjacent to an activating group) is 1. The Morgan fingerprint density at radius 3 is 2.31 bits per heavy atom. The normalized spacial score (nSPS) is 15.0. The zero-order valence-electron chi connectivity index (χ0n) is 27.3. The summed E-state index contributed by atoms with van der Waals surface area (Å²) >= 11 is 0. The summed E-state index contributed by atoms with van der Waals surface area (Å²) < 4.78 is 5.96. The van der Waals surface area contributed by atoms with Gasteiger partial charge < -0.3 is 20.3 Å². The van der Waals surface area contributed by atoms with Crippen molar-refractivity contribution in [2.45, 2.75) is 71.1 Å². The van der Waals surface area contributed by atoms with E-state index >= 15 is 0 Å². The molecule has 1 aliphatic heterocycles. The first kappa shape index (κ1) is 34.1. The van der Waals surface area contributed by atoms with Crippen LogP contribution in [0.5, 0.6) is 5.75 Å². The van der Waals surface area contributed by atoms with Gasteiger partial charge in [0.25, 0.3) is 0 Å². The van der Waals surface area contributed by atoms with Crippen LogP contribution in [0.3, 0.4) is 0 Å². The van der Waals surface area contributed by atoms with Gasteiger partial charge in [0.15, 0.2) is 0 Å². The molecule has 4 rings (SSSR count). The average Bonchev–Trinajstić information content (AvgIpc) is 3.06. The first-order valence-electron chi connectivity index (χ1n) is 16.5. The van der Waals surface area contributed by atoms with E-state index in [4.69, 9.17) is 4.74 Å². The molecule has 45 heavy (non-hydrogen) atoms. The van der Waals surface area contributed by atoms with E-state index in [0.717, 1.165) is 55.0 Å². The van der Waals surface area contributed by atoms with Gasteiger partial charge in [0, 0.05) is 31.9 Å². The number of carbonyl (C=O) groups is 2. The lowest BCUT2D eigenvalue weighted by Crippen LogP contribution is -2.55.